The van der Waals surface area contributed by atoms with E-state index in [9.17, 15) is 4.79 Å². The molecule has 2 heterocycles. The summed E-state index contributed by atoms with van der Waals surface area (Å²) in [7, 11) is 0. The molecule has 1 amide bonds. The van der Waals surface area contributed by atoms with E-state index in [0.29, 0.717) is 4.88 Å². The predicted molar refractivity (Wildman–Crippen MR) is 119 cm³/mol. The van der Waals surface area contributed by atoms with E-state index in [1.54, 1.807) is 11.1 Å². The minimum atomic E-state index is -0.0567. The highest BCUT2D eigenvalue weighted by atomic mass is 32.1. The number of thiophene rings is 1. The fourth-order valence-corrected chi connectivity index (χ4v) is 4.94. The number of nitrogens with one attached hydrogen (secondary N) is 2. The van der Waals surface area contributed by atoms with E-state index < -0.39 is 0 Å². The highest BCUT2D eigenvalue weighted by Gasteiger charge is 2.26. The van der Waals surface area contributed by atoms with Crippen molar-refractivity contribution < 1.29 is 4.79 Å². The lowest BCUT2D eigenvalue weighted by Gasteiger charge is -2.26. The lowest BCUT2D eigenvalue weighted by atomic mass is 10.1. The summed E-state index contributed by atoms with van der Waals surface area (Å²) in [4.78, 5) is 20.8. The Bertz CT molecular complexity index is 780. The van der Waals surface area contributed by atoms with Crippen LogP contribution in [-0.2, 0) is 0 Å². The summed E-state index contributed by atoms with van der Waals surface area (Å²) in [5.41, 5.74) is 1.05. The lowest BCUT2D eigenvalue weighted by molar-refractivity contribution is 0.0803. The van der Waals surface area contributed by atoms with Crippen molar-refractivity contribution in [2.45, 2.75) is 77.2 Å². The second kappa shape index (κ2) is 10.6. The number of carbonyl (C=O) groups is 1. The van der Waals surface area contributed by atoms with Crippen molar-refractivity contribution in [2.75, 3.05) is 11.9 Å². The molecule has 2 N–H and O–H groups in total. The first kappa shape index (κ1) is 20.8. The van der Waals surface area contributed by atoms with Gasteiger partial charge in [0.25, 0.3) is 5.91 Å². The summed E-state index contributed by atoms with van der Waals surface area (Å²) in [5, 5.41) is 12.3. The van der Waals surface area contributed by atoms with E-state index in [1.165, 1.54) is 49.8 Å². The summed E-state index contributed by atoms with van der Waals surface area (Å²) in [6.45, 7) is 3.16. The Morgan fingerprint density at radius 3 is 2.79 bits per heavy atom. The molecule has 5 nitrogen and oxygen atoms in total. The number of nitrogens with zero attached hydrogens (tertiary/aromatic N) is 2. The summed E-state index contributed by atoms with van der Waals surface area (Å²) in [6, 6.07) is 4.10. The number of rotatable bonds is 9. The maximum Gasteiger partial charge on any atom is 0.269 e. The Morgan fingerprint density at radius 1 is 1.29 bits per heavy atom. The van der Waals surface area contributed by atoms with Gasteiger partial charge in [0.1, 0.15) is 4.83 Å². The highest BCUT2D eigenvalue weighted by molar-refractivity contribution is 7.20. The van der Waals surface area contributed by atoms with Gasteiger partial charge in [-0.3, -0.25) is 15.1 Å². The molecular formula is C22H32N4OS. The molecule has 6 heteroatoms. The number of pyridine rings is 1. The Kier molecular flexibility index (Phi) is 7.83. The quantitative estimate of drug-likeness (QED) is 0.233. The Morgan fingerprint density at radius 2 is 2.07 bits per heavy atom. The van der Waals surface area contributed by atoms with Gasteiger partial charge >= 0.3 is 0 Å². The van der Waals surface area contributed by atoms with Crippen molar-refractivity contribution in [2.24, 2.45) is 0 Å². The van der Waals surface area contributed by atoms with Crippen LogP contribution in [0.3, 0.4) is 0 Å². The van der Waals surface area contributed by atoms with Gasteiger partial charge in [0, 0.05) is 29.9 Å². The van der Waals surface area contributed by atoms with Crippen LogP contribution in [0.25, 0.3) is 10.2 Å². The van der Waals surface area contributed by atoms with Crippen molar-refractivity contribution in [3.8, 4) is 0 Å². The zero-order valence-corrected chi connectivity index (χ0v) is 17.7. The maximum atomic E-state index is 13.1. The SMILES string of the molecule is CCCCCCNc1ccnc2sc(C(=O)N(C=N)C3CCCCCC3)cc12. The van der Waals surface area contributed by atoms with Gasteiger partial charge in [-0.15, -0.1) is 11.3 Å². The van der Waals surface area contributed by atoms with Crippen LogP contribution in [0.15, 0.2) is 18.3 Å². The zero-order chi connectivity index (χ0) is 19.8. The van der Waals surface area contributed by atoms with Crippen molar-refractivity contribution in [3.05, 3.63) is 23.2 Å². The molecule has 0 unspecified atom stereocenters. The van der Waals surface area contributed by atoms with Gasteiger partial charge in [0.15, 0.2) is 0 Å². The second-order valence-electron chi connectivity index (χ2n) is 7.66. The smallest absolute Gasteiger partial charge is 0.269 e. The molecule has 1 saturated carbocycles. The van der Waals surface area contributed by atoms with Crippen LogP contribution >= 0.6 is 11.3 Å². The Balaban J connectivity index is 1.74. The number of fused-ring (bicyclic) bond motifs is 1. The van der Waals surface area contributed by atoms with Crippen LogP contribution in [0.1, 0.15) is 80.8 Å². The molecule has 1 fully saturated rings. The Hall–Kier alpha value is -1.95. The molecule has 0 radical (unpaired) electrons. The van der Waals surface area contributed by atoms with E-state index in [-0.39, 0.29) is 11.9 Å². The van der Waals surface area contributed by atoms with Crippen molar-refractivity contribution in [1.29, 1.82) is 5.41 Å². The number of hydrogen-bond donors (Lipinski definition) is 2. The van der Waals surface area contributed by atoms with Gasteiger partial charge in [-0.05, 0) is 31.4 Å². The highest BCUT2D eigenvalue weighted by Crippen LogP contribution is 2.31. The fraction of sp³-hybridized carbons (Fsp3) is 0.591. The van der Waals surface area contributed by atoms with Crippen LogP contribution in [0.4, 0.5) is 5.69 Å². The Labute approximate surface area is 172 Å². The van der Waals surface area contributed by atoms with Gasteiger partial charge in [-0.25, -0.2) is 4.98 Å². The third-order valence-electron chi connectivity index (χ3n) is 5.58. The van der Waals surface area contributed by atoms with Crippen molar-refractivity contribution >= 4 is 39.5 Å². The fourth-order valence-electron chi connectivity index (χ4n) is 3.97. The molecule has 152 valence electrons. The number of anilines is 1. The van der Waals surface area contributed by atoms with E-state index >= 15 is 0 Å². The van der Waals surface area contributed by atoms with E-state index in [4.69, 9.17) is 5.41 Å². The maximum absolute atomic E-state index is 13.1. The van der Waals surface area contributed by atoms with Gasteiger partial charge in [0.05, 0.1) is 11.2 Å². The average molecular weight is 401 g/mol. The van der Waals surface area contributed by atoms with Crippen molar-refractivity contribution in [1.82, 2.24) is 9.88 Å². The summed E-state index contributed by atoms with van der Waals surface area (Å²) >= 11 is 1.43. The first-order valence-corrected chi connectivity index (χ1v) is 11.5. The monoisotopic (exact) mass is 400 g/mol. The number of aromatic nitrogens is 1. The minimum Gasteiger partial charge on any atom is -0.384 e. The van der Waals surface area contributed by atoms with Gasteiger partial charge < -0.3 is 5.32 Å². The van der Waals surface area contributed by atoms with Crippen LogP contribution in [0.5, 0.6) is 0 Å². The molecule has 1 aliphatic carbocycles. The standard InChI is InChI=1S/C22H32N4OS/c1-2-3-4-9-13-24-19-12-14-25-21-18(19)15-20(28-21)22(27)26(16-23)17-10-7-5-6-8-11-17/h12,14-17,23H,2-11,13H2,1H3,(H,24,25). The molecule has 0 aromatic carbocycles. The number of amides is 1. The molecule has 0 bridgehead atoms. The van der Waals surface area contributed by atoms with E-state index in [1.807, 2.05) is 12.1 Å². The molecule has 2 aromatic heterocycles. The molecule has 0 spiro atoms. The van der Waals surface area contributed by atoms with Crippen LogP contribution < -0.4 is 5.32 Å². The van der Waals surface area contributed by atoms with Crippen LogP contribution in [-0.4, -0.2) is 34.7 Å². The molecule has 28 heavy (non-hydrogen) atoms. The molecule has 1 aliphatic rings. The van der Waals surface area contributed by atoms with Crippen LogP contribution in [0.2, 0.25) is 0 Å². The van der Waals surface area contributed by atoms with Gasteiger partial charge in [0.2, 0.25) is 0 Å². The molecule has 0 saturated heterocycles. The van der Waals surface area contributed by atoms with Crippen molar-refractivity contribution in [3.63, 3.8) is 0 Å². The van der Waals surface area contributed by atoms with Crippen LogP contribution in [0, 0.1) is 5.41 Å². The third-order valence-corrected chi connectivity index (χ3v) is 6.61. The predicted octanol–water partition coefficient (Wildman–Crippen LogP) is 6.06. The zero-order valence-electron chi connectivity index (χ0n) is 16.9. The first-order chi connectivity index (χ1) is 13.7. The van der Waals surface area contributed by atoms with E-state index in [0.717, 1.165) is 54.6 Å². The molecule has 0 atom stereocenters. The number of hydrogen-bond acceptors (Lipinski definition) is 5. The largest absolute Gasteiger partial charge is 0.384 e. The number of unbranched alkanes of at least 4 members (excludes halogenated alkanes) is 3. The summed E-state index contributed by atoms with van der Waals surface area (Å²) in [6.07, 6.45) is 14.7. The minimum absolute atomic E-state index is 0.0567. The average Bonchev–Trinajstić information content (AvgIpc) is 2.98. The molecule has 2 aromatic rings. The molecular weight excluding hydrogens is 368 g/mol. The molecule has 3 rings (SSSR count). The molecule has 0 aliphatic heterocycles. The summed E-state index contributed by atoms with van der Waals surface area (Å²) in [5.74, 6) is -0.0567. The number of carbonyl (C=O) groups excluding carboxylic acids is 1. The van der Waals surface area contributed by atoms with E-state index in [2.05, 4.69) is 17.2 Å². The topological polar surface area (TPSA) is 69.1 Å². The lowest BCUT2D eigenvalue weighted by Crippen LogP contribution is -2.38. The summed E-state index contributed by atoms with van der Waals surface area (Å²) < 4.78 is 0. The van der Waals surface area contributed by atoms with Gasteiger partial charge in [-0.1, -0.05) is 51.9 Å². The first-order valence-electron chi connectivity index (χ1n) is 10.7. The third kappa shape index (κ3) is 5.10. The second-order valence-corrected chi connectivity index (χ2v) is 8.69. The van der Waals surface area contributed by atoms with Gasteiger partial charge in [-0.2, -0.15) is 0 Å². The normalized spacial score (nSPS) is 15.3.